The summed E-state index contributed by atoms with van der Waals surface area (Å²) in [5.41, 5.74) is 1.37. The van der Waals surface area contributed by atoms with Gasteiger partial charge in [0.1, 0.15) is 5.75 Å². The third-order valence-electron chi connectivity index (χ3n) is 5.30. The van der Waals surface area contributed by atoms with E-state index in [0.29, 0.717) is 56.3 Å². The van der Waals surface area contributed by atoms with E-state index in [1.165, 1.54) is 0 Å². The maximum absolute atomic E-state index is 13.1. The second kappa shape index (κ2) is 10.4. The summed E-state index contributed by atoms with van der Waals surface area (Å²) in [6, 6.07) is 18.7. The third kappa shape index (κ3) is 5.16. The first-order valence-corrected chi connectivity index (χ1v) is 10.1. The molecule has 30 heavy (non-hydrogen) atoms. The van der Waals surface area contributed by atoms with Gasteiger partial charge in [0.15, 0.2) is 6.54 Å². The lowest BCUT2D eigenvalue weighted by Gasteiger charge is -2.33. The van der Waals surface area contributed by atoms with Crippen LogP contribution < -0.4 is 14.5 Å². The molecule has 0 bridgehead atoms. The van der Waals surface area contributed by atoms with Crippen molar-refractivity contribution in [2.45, 2.75) is 6.42 Å². The number of amides is 2. The van der Waals surface area contributed by atoms with Gasteiger partial charge >= 0.3 is 0 Å². The molecule has 0 aliphatic carbocycles. The number of carbonyl (C=O) groups excluding carboxylic acids is 2. The predicted molar refractivity (Wildman–Crippen MR) is 113 cm³/mol. The monoisotopic (exact) mass is 407 g/mol. The van der Waals surface area contributed by atoms with Crippen molar-refractivity contribution < 1.29 is 19.2 Å². The molecule has 1 fully saturated rings. The molecule has 0 radical (unpaired) electrons. The van der Waals surface area contributed by atoms with Crippen LogP contribution in [0.3, 0.4) is 0 Å². The van der Waals surface area contributed by atoms with Gasteiger partial charge in [-0.1, -0.05) is 30.3 Å². The van der Waals surface area contributed by atoms with Gasteiger partial charge in [-0.15, -0.1) is 0 Å². The summed E-state index contributed by atoms with van der Waals surface area (Å²) in [6.45, 7) is 3.29. The number of carbonyl (C=O) groups is 2. The second-order valence-electron chi connectivity index (χ2n) is 7.21. The number of anilines is 1. The fourth-order valence-corrected chi connectivity index (χ4v) is 3.67. The number of para-hydroxylation sites is 2. The van der Waals surface area contributed by atoms with Crippen LogP contribution in [0.2, 0.25) is 0 Å². The fraction of sp³-hybridized carbons (Fsp3) is 0.348. The number of nitrogens with zero attached hydrogens (tertiary/aromatic N) is 3. The van der Waals surface area contributed by atoms with Crippen molar-refractivity contribution in [1.82, 2.24) is 4.90 Å². The molecule has 0 unspecified atom stereocenters. The Kier molecular flexibility index (Phi) is 7.41. The average Bonchev–Trinajstić information content (AvgIpc) is 2.80. The van der Waals surface area contributed by atoms with E-state index >= 15 is 0 Å². The van der Waals surface area contributed by atoms with Crippen LogP contribution in [0.5, 0.6) is 5.75 Å². The summed E-state index contributed by atoms with van der Waals surface area (Å²) in [5.74, 6) is 0.593. The summed E-state index contributed by atoms with van der Waals surface area (Å²) in [4.78, 5) is 30.3. The highest BCUT2D eigenvalue weighted by Crippen LogP contribution is 2.27. The zero-order chi connectivity index (χ0) is 21.3. The molecular weight excluding hydrogens is 380 g/mol. The van der Waals surface area contributed by atoms with Crippen LogP contribution in [0.15, 0.2) is 54.6 Å². The van der Waals surface area contributed by atoms with Crippen molar-refractivity contribution in [2.24, 2.45) is 0 Å². The molecule has 0 spiro atoms. The molecule has 3 rings (SSSR count). The SMILES string of the molecule is COc1ccccc1N(CCC#N)C(=O)C[NH+]1CCN(C(=O)c2ccccc2)CC1. The lowest BCUT2D eigenvalue weighted by atomic mass is 10.2. The van der Waals surface area contributed by atoms with Gasteiger partial charge in [-0.2, -0.15) is 5.26 Å². The normalized spacial score (nSPS) is 14.1. The number of nitriles is 1. The van der Waals surface area contributed by atoms with Gasteiger partial charge in [0.25, 0.3) is 11.8 Å². The number of methoxy groups -OCH3 is 1. The summed E-state index contributed by atoms with van der Waals surface area (Å²) >= 11 is 0. The Labute approximate surface area is 177 Å². The van der Waals surface area contributed by atoms with Crippen LogP contribution in [0.1, 0.15) is 16.8 Å². The van der Waals surface area contributed by atoms with Crippen molar-refractivity contribution in [2.75, 3.05) is 51.3 Å². The third-order valence-corrected chi connectivity index (χ3v) is 5.30. The second-order valence-corrected chi connectivity index (χ2v) is 7.21. The van der Waals surface area contributed by atoms with E-state index in [0.717, 1.165) is 4.90 Å². The van der Waals surface area contributed by atoms with Crippen LogP contribution in [-0.2, 0) is 4.79 Å². The smallest absolute Gasteiger partial charge is 0.282 e. The van der Waals surface area contributed by atoms with Crippen molar-refractivity contribution in [3.8, 4) is 11.8 Å². The quantitative estimate of drug-likeness (QED) is 0.742. The standard InChI is InChI=1S/C23H26N4O3/c1-30-21-11-6-5-10-20(21)27(13-7-12-24)22(28)18-25-14-16-26(17-15-25)23(29)19-8-3-2-4-9-19/h2-6,8-11H,7,13-18H2,1H3/p+1. The molecule has 7 heteroatoms. The molecule has 1 saturated heterocycles. The van der Waals surface area contributed by atoms with E-state index in [4.69, 9.17) is 10.00 Å². The molecule has 156 valence electrons. The van der Waals surface area contributed by atoms with E-state index in [2.05, 4.69) is 6.07 Å². The minimum atomic E-state index is -0.0485. The summed E-state index contributed by atoms with van der Waals surface area (Å²) < 4.78 is 5.40. The number of quaternary nitrogens is 1. The Morgan fingerprint density at radius 1 is 1.10 bits per heavy atom. The largest absolute Gasteiger partial charge is 0.495 e. The lowest BCUT2D eigenvalue weighted by molar-refractivity contribution is -0.895. The zero-order valence-corrected chi connectivity index (χ0v) is 17.2. The number of ether oxygens (including phenoxy) is 1. The molecule has 1 heterocycles. The average molecular weight is 407 g/mol. The number of nitrogens with one attached hydrogen (secondary N) is 1. The highest BCUT2D eigenvalue weighted by molar-refractivity contribution is 5.96. The number of hydrogen-bond donors (Lipinski definition) is 1. The first-order valence-electron chi connectivity index (χ1n) is 10.1. The first-order chi connectivity index (χ1) is 14.6. The molecule has 1 aliphatic rings. The van der Waals surface area contributed by atoms with E-state index in [1.54, 1.807) is 12.0 Å². The summed E-state index contributed by atoms with van der Waals surface area (Å²) in [7, 11) is 1.57. The van der Waals surface area contributed by atoms with Gasteiger partial charge in [0.05, 0.1) is 51.5 Å². The zero-order valence-electron chi connectivity index (χ0n) is 17.2. The van der Waals surface area contributed by atoms with Gasteiger partial charge in [0, 0.05) is 12.1 Å². The van der Waals surface area contributed by atoms with Crippen LogP contribution in [0.25, 0.3) is 0 Å². The maximum atomic E-state index is 13.1. The van der Waals surface area contributed by atoms with Crippen molar-refractivity contribution >= 4 is 17.5 Å². The minimum Gasteiger partial charge on any atom is -0.495 e. The van der Waals surface area contributed by atoms with E-state index in [9.17, 15) is 9.59 Å². The van der Waals surface area contributed by atoms with Gasteiger partial charge in [-0.25, -0.2) is 0 Å². The first kappa shape index (κ1) is 21.3. The maximum Gasteiger partial charge on any atom is 0.282 e. The number of hydrogen-bond acceptors (Lipinski definition) is 4. The molecule has 1 N–H and O–H groups in total. The minimum absolute atomic E-state index is 0.0330. The molecule has 0 atom stereocenters. The van der Waals surface area contributed by atoms with Gasteiger partial charge in [-0.3, -0.25) is 9.59 Å². The summed E-state index contributed by atoms with van der Waals surface area (Å²) in [6.07, 6.45) is 0.248. The molecule has 7 nitrogen and oxygen atoms in total. The predicted octanol–water partition coefficient (Wildman–Crippen LogP) is 0.983. The Hall–Kier alpha value is -3.37. The van der Waals surface area contributed by atoms with Gasteiger partial charge in [0.2, 0.25) is 0 Å². The molecule has 2 amide bonds. The fourth-order valence-electron chi connectivity index (χ4n) is 3.67. The van der Waals surface area contributed by atoms with Crippen molar-refractivity contribution in [3.63, 3.8) is 0 Å². The number of rotatable bonds is 7. The molecule has 2 aromatic carbocycles. The molecule has 1 aliphatic heterocycles. The molecule has 2 aromatic rings. The number of piperazine rings is 1. The van der Waals surface area contributed by atoms with Gasteiger partial charge < -0.3 is 19.4 Å². The highest BCUT2D eigenvalue weighted by Gasteiger charge is 2.28. The van der Waals surface area contributed by atoms with Crippen molar-refractivity contribution in [3.05, 3.63) is 60.2 Å². The Balaban J connectivity index is 1.61. The Morgan fingerprint density at radius 2 is 1.77 bits per heavy atom. The van der Waals surface area contributed by atoms with Gasteiger partial charge in [-0.05, 0) is 24.3 Å². The van der Waals surface area contributed by atoms with Crippen LogP contribution in [-0.4, -0.2) is 63.1 Å². The Bertz CT molecular complexity index is 902. The Morgan fingerprint density at radius 3 is 2.43 bits per heavy atom. The molecule has 0 aromatic heterocycles. The molecule has 0 saturated carbocycles. The van der Waals surface area contributed by atoms with E-state index < -0.39 is 0 Å². The molecular formula is C23H27N4O3+. The van der Waals surface area contributed by atoms with Crippen LogP contribution in [0.4, 0.5) is 5.69 Å². The van der Waals surface area contributed by atoms with E-state index in [-0.39, 0.29) is 18.2 Å². The summed E-state index contributed by atoms with van der Waals surface area (Å²) in [5, 5.41) is 9.01. The van der Waals surface area contributed by atoms with Crippen LogP contribution in [0, 0.1) is 11.3 Å². The lowest BCUT2D eigenvalue weighted by Crippen LogP contribution is -3.15. The topological polar surface area (TPSA) is 78.1 Å². The highest BCUT2D eigenvalue weighted by atomic mass is 16.5. The van der Waals surface area contributed by atoms with E-state index in [1.807, 2.05) is 59.5 Å². The van der Waals surface area contributed by atoms with Crippen molar-refractivity contribution in [1.29, 1.82) is 5.26 Å². The number of benzene rings is 2. The van der Waals surface area contributed by atoms with Crippen LogP contribution >= 0.6 is 0 Å².